The second kappa shape index (κ2) is 5.23. The molecule has 4 nitrogen and oxygen atoms in total. The maximum absolute atomic E-state index is 12.6. The van der Waals surface area contributed by atoms with Crippen LogP contribution in [0.2, 0.25) is 0 Å². The first-order chi connectivity index (χ1) is 8.15. The second-order valence-electron chi connectivity index (χ2n) is 4.51. The number of hydrogen-bond donors (Lipinski definition) is 2. The fraction of sp³-hybridized carbons (Fsp3) is 0.500. The molecule has 1 aromatic heterocycles. The predicted octanol–water partition coefficient (Wildman–Crippen LogP) is 1.08. The molecule has 2 unspecified atom stereocenters. The average molecular weight is 237 g/mol. The van der Waals surface area contributed by atoms with Gasteiger partial charge >= 0.3 is 0 Å². The fourth-order valence-electron chi connectivity index (χ4n) is 2.14. The Labute approximate surface area is 99.4 Å². The van der Waals surface area contributed by atoms with Crippen LogP contribution in [0.25, 0.3) is 0 Å². The molecule has 3 N–H and O–H groups in total. The summed E-state index contributed by atoms with van der Waals surface area (Å²) >= 11 is 0. The van der Waals surface area contributed by atoms with Gasteiger partial charge in [-0.15, -0.1) is 0 Å². The normalized spacial score (nSPS) is 23.6. The molecule has 1 aromatic rings. The lowest BCUT2D eigenvalue weighted by atomic mass is 10.1. The summed E-state index contributed by atoms with van der Waals surface area (Å²) in [5.74, 6) is -0.247. The molecule has 1 aliphatic carbocycles. The van der Waals surface area contributed by atoms with Gasteiger partial charge in [0.2, 0.25) is 0 Å². The van der Waals surface area contributed by atoms with Gasteiger partial charge < -0.3 is 11.1 Å². The van der Waals surface area contributed by atoms with Crippen LogP contribution in [0.15, 0.2) is 18.3 Å². The van der Waals surface area contributed by atoms with Crippen molar-refractivity contribution in [2.75, 3.05) is 6.54 Å². The van der Waals surface area contributed by atoms with Gasteiger partial charge in [0, 0.05) is 12.6 Å². The topological polar surface area (TPSA) is 68.0 Å². The second-order valence-corrected chi connectivity index (χ2v) is 4.51. The van der Waals surface area contributed by atoms with Gasteiger partial charge in [-0.2, -0.15) is 0 Å². The Bertz CT molecular complexity index is 393. The Kier molecular flexibility index (Phi) is 3.68. The summed E-state index contributed by atoms with van der Waals surface area (Å²) in [6, 6.07) is 2.87. The van der Waals surface area contributed by atoms with Gasteiger partial charge in [-0.1, -0.05) is 0 Å². The van der Waals surface area contributed by atoms with E-state index >= 15 is 0 Å². The molecule has 2 rings (SSSR count). The van der Waals surface area contributed by atoms with Crippen molar-refractivity contribution in [3.63, 3.8) is 0 Å². The summed E-state index contributed by atoms with van der Waals surface area (Å²) in [5.41, 5.74) is 6.04. The first kappa shape index (κ1) is 12.0. The standard InChI is InChI=1S/C12H16FN3O/c13-9-2-4-11(15-7-9)12(17)16-6-8-1-3-10(14)5-8/h2,4,7-8,10H,1,3,5-6,14H2,(H,16,17). The van der Waals surface area contributed by atoms with Crippen LogP contribution in [-0.2, 0) is 0 Å². The number of rotatable bonds is 3. The van der Waals surface area contributed by atoms with Gasteiger partial charge in [-0.3, -0.25) is 4.79 Å². The first-order valence-corrected chi connectivity index (χ1v) is 5.80. The molecule has 0 aliphatic heterocycles. The molecule has 2 atom stereocenters. The Balaban J connectivity index is 1.83. The largest absolute Gasteiger partial charge is 0.350 e. The third-order valence-electron chi connectivity index (χ3n) is 3.09. The van der Waals surface area contributed by atoms with Crippen molar-refractivity contribution in [2.45, 2.75) is 25.3 Å². The number of halogens is 1. The van der Waals surface area contributed by atoms with E-state index in [9.17, 15) is 9.18 Å². The fourth-order valence-corrected chi connectivity index (χ4v) is 2.14. The maximum Gasteiger partial charge on any atom is 0.269 e. The molecule has 0 bridgehead atoms. The van der Waals surface area contributed by atoms with Crippen molar-refractivity contribution in [3.05, 3.63) is 29.8 Å². The van der Waals surface area contributed by atoms with Gasteiger partial charge in [-0.25, -0.2) is 9.37 Å². The van der Waals surface area contributed by atoms with Gasteiger partial charge in [0.1, 0.15) is 11.5 Å². The molecular weight excluding hydrogens is 221 g/mol. The summed E-state index contributed by atoms with van der Waals surface area (Å²) in [7, 11) is 0. The molecule has 1 fully saturated rings. The van der Waals surface area contributed by atoms with Gasteiger partial charge in [0.25, 0.3) is 5.91 Å². The van der Waals surface area contributed by atoms with E-state index in [1.54, 1.807) is 0 Å². The highest BCUT2D eigenvalue weighted by molar-refractivity contribution is 5.92. The number of pyridine rings is 1. The summed E-state index contributed by atoms with van der Waals surface area (Å²) in [4.78, 5) is 15.4. The zero-order valence-corrected chi connectivity index (χ0v) is 9.53. The van der Waals surface area contributed by atoms with Crippen molar-refractivity contribution < 1.29 is 9.18 Å². The maximum atomic E-state index is 12.6. The third kappa shape index (κ3) is 3.23. The molecule has 5 heteroatoms. The van der Waals surface area contributed by atoms with E-state index in [0.29, 0.717) is 12.5 Å². The third-order valence-corrected chi connectivity index (χ3v) is 3.09. The first-order valence-electron chi connectivity index (χ1n) is 5.80. The summed E-state index contributed by atoms with van der Waals surface area (Å²) < 4.78 is 12.6. The highest BCUT2D eigenvalue weighted by Gasteiger charge is 2.22. The molecule has 1 heterocycles. The predicted molar refractivity (Wildman–Crippen MR) is 61.8 cm³/mol. The van der Waals surface area contributed by atoms with Crippen molar-refractivity contribution in [1.29, 1.82) is 0 Å². The highest BCUT2D eigenvalue weighted by atomic mass is 19.1. The minimum absolute atomic E-state index is 0.244. The van der Waals surface area contributed by atoms with E-state index in [1.807, 2.05) is 0 Å². The summed E-state index contributed by atoms with van der Waals surface area (Å²) in [5, 5.41) is 2.80. The van der Waals surface area contributed by atoms with Crippen LogP contribution in [0, 0.1) is 11.7 Å². The summed E-state index contributed by atoms with van der Waals surface area (Å²) in [6.07, 6.45) is 4.07. The van der Waals surface area contributed by atoms with E-state index in [4.69, 9.17) is 5.73 Å². The minimum Gasteiger partial charge on any atom is -0.350 e. The number of carbonyl (C=O) groups is 1. The van der Waals surface area contributed by atoms with Crippen LogP contribution < -0.4 is 11.1 Å². The molecule has 1 amide bonds. The average Bonchev–Trinajstić information content (AvgIpc) is 2.73. The molecule has 92 valence electrons. The lowest BCUT2D eigenvalue weighted by molar-refractivity contribution is 0.0942. The van der Waals surface area contributed by atoms with Crippen LogP contribution in [0.3, 0.4) is 0 Å². The van der Waals surface area contributed by atoms with Crippen molar-refractivity contribution in [3.8, 4) is 0 Å². The lowest BCUT2D eigenvalue weighted by Crippen LogP contribution is -2.29. The molecule has 17 heavy (non-hydrogen) atoms. The summed E-state index contributed by atoms with van der Waals surface area (Å²) in [6.45, 7) is 0.617. The van der Waals surface area contributed by atoms with Crippen molar-refractivity contribution >= 4 is 5.91 Å². The molecule has 0 aromatic carbocycles. The van der Waals surface area contributed by atoms with Gasteiger partial charge in [0.15, 0.2) is 0 Å². The monoisotopic (exact) mass is 237 g/mol. The Morgan fingerprint density at radius 2 is 2.35 bits per heavy atom. The Hall–Kier alpha value is -1.49. The molecule has 1 saturated carbocycles. The van der Waals surface area contributed by atoms with Crippen molar-refractivity contribution in [2.24, 2.45) is 11.7 Å². The van der Waals surface area contributed by atoms with E-state index in [2.05, 4.69) is 10.3 Å². The minimum atomic E-state index is -0.441. The van der Waals surface area contributed by atoms with Crippen LogP contribution in [0.4, 0.5) is 4.39 Å². The number of hydrogen-bond acceptors (Lipinski definition) is 3. The number of nitrogens with one attached hydrogen (secondary N) is 1. The molecular formula is C12H16FN3O. The number of amides is 1. The molecule has 0 spiro atoms. The van der Waals surface area contributed by atoms with Gasteiger partial charge in [0.05, 0.1) is 6.20 Å². The zero-order valence-electron chi connectivity index (χ0n) is 9.53. The van der Waals surface area contributed by atoms with Crippen LogP contribution in [0.5, 0.6) is 0 Å². The zero-order chi connectivity index (χ0) is 12.3. The van der Waals surface area contributed by atoms with Crippen LogP contribution >= 0.6 is 0 Å². The van der Waals surface area contributed by atoms with Crippen molar-refractivity contribution in [1.82, 2.24) is 10.3 Å². The Morgan fingerprint density at radius 1 is 1.53 bits per heavy atom. The molecule has 0 saturated heterocycles. The SMILES string of the molecule is NC1CCC(CNC(=O)c2ccc(F)cn2)C1. The van der Waals surface area contributed by atoms with Crippen LogP contribution in [-0.4, -0.2) is 23.5 Å². The van der Waals surface area contributed by atoms with Crippen LogP contribution in [0.1, 0.15) is 29.8 Å². The molecule has 1 aliphatic rings. The number of nitrogens with two attached hydrogens (primary N) is 1. The van der Waals surface area contributed by atoms with E-state index in [-0.39, 0.29) is 17.6 Å². The van der Waals surface area contributed by atoms with E-state index in [1.165, 1.54) is 12.1 Å². The quantitative estimate of drug-likeness (QED) is 0.826. The lowest BCUT2D eigenvalue weighted by Gasteiger charge is -2.10. The number of carbonyl (C=O) groups excluding carboxylic acids is 1. The number of aromatic nitrogens is 1. The van der Waals surface area contributed by atoms with E-state index < -0.39 is 5.82 Å². The van der Waals surface area contributed by atoms with E-state index in [0.717, 1.165) is 25.5 Å². The number of nitrogens with zero attached hydrogens (tertiary/aromatic N) is 1. The Morgan fingerprint density at radius 3 is 2.94 bits per heavy atom. The highest BCUT2D eigenvalue weighted by Crippen LogP contribution is 2.23. The smallest absolute Gasteiger partial charge is 0.269 e. The van der Waals surface area contributed by atoms with Gasteiger partial charge in [-0.05, 0) is 37.3 Å². The molecule has 0 radical (unpaired) electrons.